The Morgan fingerprint density at radius 1 is 1.42 bits per heavy atom. The van der Waals surface area contributed by atoms with Crippen molar-refractivity contribution in [1.82, 2.24) is 5.16 Å². The van der Waals surface area contributed by atoms with Crippen molar-refractivity contribution in [2.75, 3.05) is 5.32 Å². The summed E-state index contributed by atoms with van der Waals surface area (Å²) in [5, 5.41) is 6.32. The van der Waals surface area contributed by atoms with E-state index in [1.165, 1.54) is 18.2 Å². The maximum absolute atomic E-state index is 13.5. The molecule has 1 aromatic heterocycles. The van der Waals surface area contributed by atoms with Gasteiger partial charge in [0.1, 0.15) is 11.6 Å². The highest BCUT2D eigenvalue weighted by atomic mass is 35.5. The van der Waals surface area contributed by atoms with Crippen molar-refractivity contribution in [1.29, 1.82) is 0 Å². The lowest BCUT2D eigenvalue weighted by molar-refractivity contribution is 0.101. The first-order chi connectivity index (χ1) is 8.97. The van der Waals surface area contributed by atoms with E-state index in [4.69, 9.17) is 16.1 Å². The van der Waals surface area contributed by atoms with Crippen LogP contribution in [0.1, 0.15) is 36.0 Å². The summed E-state index contributed by atoms with van der Waals surface area (Å²) in [6.45, 7) is 3.84. The van der Waals surface area contributed by atoms with Crippen LogP contribution in [0, 0.1) is 5.82 Å². The highest BCUT2D eigenvalue weighted by Crippen LogP contribution is 2.20. The Bertz CT molecular complexity index is 610. The normalized spacial score (nSPS) is 10.8. The van der Waals surface area contributed by atoms with Gasteiger partial charge in [-0.15, -0.1) is 0 Å². The summed E-state index contributed by atoms with van der Waals surface area (Å²) < 4.78 is 18.5. The van der Waals surface area contributed by atoms with Gasteiger partial charge in [-0.25, -0.2) is 4.39 Å². The molecule has 0 bridgehead atoms. The van der Waals surface area contributed by atoms with Crippen LogP contribution in [-0.4, -0.2) is 11.1 Å². The minimum atomic E-state index is -0.603. The van der Waals surface area contributed by atoms with Crippen LogP contribution in [0.3, 0.4) is 0 Å². The van der Waals surface area contributed by atoms with Crippen LogP contribution in [0.25, 0.3) is 0 Å². The van der Waals surface area contributed by atoms with E-state index >= 15 is 0 Å². The molecule has 0 saturated carbocycles. The number of carbonyl (C=O) groups excluding carboxylic acids is 1. The Labute approximate surface area is 114 Å². The topological polar surface area (TPSA) is 55.1 Å². The zero-order chi connectivity index (χ0) is 14.0. The van der Waals surface area contributed by atoms with Gasteiger partial charge in [0.25, 0.3) is 5.91 Å². The summed E-state index contributed by atoms with van der Waals surface area (Å²) in [6.07, 6.45) is 0. The highest BCUT2D eigenvalue weighted by molar-refractivity contribution is 6.30. The molecule has 0 spiro atoms. The molecular weight excluding hydrogens is 271 g/mol. The number of hydrogen-bond acceptors (Lipinski definition) is 3. The standard InChI is InChI=1S/C13H12ClFN2O2/c1-7(2)12-6-11(17-19-12)13(18)16-10-4-3-8(14)5-9(10)15/h3-7H,1-2H3,(H,16,18). The Kier molecular flexibility index (Phi) is 3.85. The lowest BCUT2D eigenvalue weighted by atomic mass is 10.1. The van der Waals surface area contributed by atoms with Crippen molar-refractivity contribution in [3.8, 4) is 0 Å². The summed E-state index contributed by atoms with van der Waals surface area (Å²) in [5.41, 5.74) is 0.154. The van der Waals surface area contributed by atoms with Gasteiger partial charge in [-0.3, -0.25) is 4.79 Å². The van der Waals surface area contributed by atoms with Gasteiger partial charge in [0.15, 0.2) is 5.69 Å². The minimum Gasteiger partial charge on any atom is -0.360 e. The molecule has 0 aliphatic heterocycles. The third-order valence-corrected chi connectivity index (χ3v) is 2.74. The molecule has 0 radical (unpaired) electrons. The summed E-state index contributed by atoms with van der Waals surface area (Å²) in [7, 11) is 0. The van der Waals surface area contributed by atoms with Crippen LogP contribution in [0.5, 0.6) is 0 Å². The maximum Gasteiger partial charge on any atom is 0.277 e. The third kappa shape index (κ3) is 3.12. The molecule has 0 fully saturated rings. The molecule has 2 rings (SSSR count). The maximum atomic E-state index is 13.5. The van der Waals surface area contributed by atoms with Gasteiger partial charge in [-0.2, -0.15) is 0 Å². The summed E-state index contributed by atoms with van der Waals surface area (Å²) in [5.74, 6) is -0.409. The first-order valence-corrected chi connectivity index (χ1v) is 6.08. The van der Waals surface area contributed by atoms with Gasteiger partial charge in [0.05, 0.1) is 5.69 Å². The van der Waals surface area contributed by atoms with E-state index in [2.05, 4.69) is 10.5 Å². The largest absolute Gasteiger partial charge is 0.360 e. The summed E-state index contributed by atoms with van der Waals surface area (Å²) in [4.78, 5) is 11.9. The van der Waals surface area contributed by atoms with E-state index in [1.807, 2.05) is 13.8 Å². The predicted octanol–water partition coefficient (Wildman–Crippen LogP) is 3.84. The predicted molar refractivity (Wildman–Crippen MR) is 70.0 cm³/mol. The molecule has 19 heavy (non-hydrogen) atoms. The van der Waals surface area contributed by atoms with Crippen molar-refractivity contribution in [3.05, 3.63) is 46.6 Å². The lowest BCUT2D eigenvalue weighted by Crippen LogP contribution is -2.13. The second kappa shape index (κ2) is 5.40. The number of aromatic nitrogens is 1. The molecule has 6 heteroatoms. The van der Waals surface area contributed by atoms with Crippen molar-refractivity contribution in [3.63, 3.8) is 0 Å². The Balaban J connectivity index is 2.16. The number of benzene rings is 1. The molecule has 1 aromatic carbocycles. The number of hydrogen-bond donors (Lipinski definition) is 1. The van der Waals surface area contributed by atoms with E-state index in [1.54, 1.807) is 0 Å². The smallest absolute Gasteiger partial charge is 0.277 e. The Hall–Kier alpha value is -1.88. The molecule has 100 valence electrons. The van der Waals surface area contributed by atoms with Crippen molar-refractivity contribution in [2.24, 2.45) is 0 Å². The average Bonchev–Trinajstić information content (AvgIpc) is 2.82. The molecule has 2 aromatic rings. The zero-order valence-corrected chi connectivity index (χ0v) is 11.2. The summed E-state index contributed by atoms with van der Waals surface area (Å²) in [6, 6.07) is 5.54. The third-order valence-electron chi connectivity index (χ3n) is 2.51. The second-order valence-corrected chi connectivity index (χ2v) is 4.78. The van der Waals surface area contributed by atoms with Gasteiger partial charge in [0.2, 0.25) is 0 Å². The number of anilines is 1. The lowest BCUT2D eigenvalue weighted by Gasteiger charge is -2.04. The van der Waals surface area contributed by atoms with Gasteiger partial charge in [-0.1, -0.05) is 30.6 Å². The molecule has 0 atom stereocenters. The van der Waals surface area contributed by atoms with Crippen LogP contribution in [0.15, 0.2) is 28.8 Å². The molecule has 1 heterocycles. The van der Waals surface area contributed by atoms with Crippen LogP contribution < -0.4 is 5.32 Å². The molecule has 0 saturated heterocycles. The molecule has 0 aliphatic carbocycles. The number of carbonyl (C=O) groups is 1. The van der Waals surface area contributed by atoms with Crippen LogP contribution in [0.4, 0.5) is 10.1 Å². The van der Waals surface area contributed by atoms with Gasteiger partial charge in [-0.05, 0) is 18.2 Å². The van der Waals surface area contributed by atoms with Gasteiger partial charge >= 0.3 is 0 Å². The summed E-state index contributed by atoms with van der Waals surface area (Å²) >= 11 is 5.63. The molecule has 0 aliphatic rings. The van der Waals surface area contributed by atoms with Crippen molar-refractivity contribution >= 4 is 23.2 Å². The van der Waals surface area contributed by atoms with Crippen LogP contribution in [-0.2, 0) is 0 Å². The minimum absolute atomic E-state index is 0.0449. The number of rotatable bonds is 3. The van der Waals surface area contributed by atoms with E-state index in [9.17, 15) is 9.18 Å². The van der Waals surface area contributed by atoms with Crippen molar-refractivity contribution < 1.29 is 13.7 Å². The van der Waals surface area contributed by atoms with Gasteiger partial charge < -0.3 is 9.84 Å². The Morgan fingerprint density at radius 2 is 2.16 bits per heavy atom. The number of nitrogens with one attached hydrogen (secondary N) is 1. The fraction of sp³-hybridized carbons (Fsp3) is 0.231. The molecule has 1 amide bonds. The van der Waals surface area contributed by atoms with E-state index in [-0.39, 0.29) is 22.3 Å². The molecule has 0 unspecified atom stereocenters. The van der Waals surface area contributed by atoms with Gasteiger partial charge in [0, 0.05) is 17.0 Å². The van der Waals surface area contributed by atoms with Crippen LogP contribution in [0.2, 0.25) is 5.02 Å². The fourth-order valence-corrected chi connectivity index (χ4v) is 1.60. The first-order valence-electron chi connectivity index (χ1n) is 5.70. The zero-order valence-electron chi connectivity index (χ0n) is 10.4. The van der Waals surface area contributed by atoms with Crippen LogP contribution >= 0.6 is 11.6 Å². The number of halogens is 2. The quantitative estimate of drug-likeness (QED) is 0.930. The van der Waals surface area contributed by atoms with Crippen molar-refractivity contribution in [2.45, 2.75) is 19.8 Å². The monoisotopic (exact) mass is 282 g/mol. The fourth-order valence-electron chi connectivity index (χ4n) is 1.45. The molecule has 1 N–H and O–H groups in total. The Morgan fingerprint density at radius 3 is 2.74 bits per heavy atom. The van der Waals surface area contributed by atoms with E-state index in [0.717, 1.165) is 6.07 Å². The first kappa shape index (κ1) is 13.5. The number of amides is 1. The SMILES string of the molecule is CC(C)c1cc(C(=O)Nc2ccc(Cl)cc2F)no1. The number of nitrogens with zero attached hydrogens (tertiary/aromatic N) is 1. The molecular formula is C13H12ClFN2O2. The molecule has 4 nitrogen and oxygen atoms in total. The van der Waals surface area contributed by atoms with E-state index in [0.29, 0.717) is 5.76 Å². The highest BCUT2D eigenvalue weighted by Gasteiger charge is 2.15. The average molecular weight is 283 g/mol. The van der Waals surface area contributed by atoms with E-state index < -0.39 is 11.7 Å². The second-order valence-electron chi connectivity index (χ2n) is 4.35.